The molecular weight excluding hydrogens is 1030 g/mol. The number of ether oxygens (including phenoxy) is 11. The lowest BCUT2D eigenvalue weighted by Crippen LogP contribution is -2.49. The first kappa shape index (κ1) is 69.9. The van der Waals surface area contributed by atoms with Gasteiger partial charge in [-0.2, -0.15) is 0 Å². The molecule has 0 aliphatic rings. The smallest absolute Gasteiger partial charge is 0.407 e. The number of benzene rings is 3. The average Bonchev–Trinajstić information content (AvgIpc) is 3.44. The fourth-order valence-electron chi connectivity index (χ4n) is 8.09. The molecule has 1 N–H and O–H groups in total. The van der Waals surface area contributed by atoms with Crippen LogP contribution in [0.1, 0.15) is 142 Å². The summed E-state index contributed by atoms with van der Waals surface area (Å²) in [6, 6.07) is 26.8. The number of hydrogen-bond donors (Lipinski definition) is 1. The van der Waals surface area contributed by atoms with Gasteiger partial charge in [0.1, 0.15) is 46.5 Å². The highest BCUT2D eigenvalue weighted by atomic mass is 16.6. The summed E-state index contributed by atoms with van der Waals surface area (Å²) in [4.78, 5) is 38.0. The van der Waals surface area contributed by atoms with Crippen LogP contribution < -0.4 is 24.3 Å². The number of rotatable bonds is 42. The van der Waals surface area contributed by atoms with E-state index in [1.165, 1.54) is 0 Å². The standard InChI is InChI=1S/C65H102N2O14/c1-50(2)57(69)73-44-38-66-58(70)81-63(11,12)52(46-75-54-29-22-19-23-30-54)48-79-65(15,16)67(17)39-26-41-77-61(7,8)37-43-72-56-33-31-55(32-34-56)71-42-36-60(5,6)76-40-25-24-35-59(3,4)64(13,14)78-47-51(62(9,10)80-49-68)45-74-53-27-20-18-21-28-53/h18-23,27-34,49,51-52H,1,24-26,35-48H2,2-17H3,(H,66,70). The number of esters is 1. The van der Waals surface area contributed by atoms with Crippen LogP contribution in [-0.4, -0.2) is 137 Å². The second kappa shape index (κ2) is 33.0. The van der Waals surface area contributed by atoms with E-state index in [1.54, 1.807) is 6.92 Å². The Morgan fingerprint density at radius 2 is 1.02 bits per heavy atom. The van der Waals surface area contributed by atoms with Gasteiger partial charge < -0.3 is 57.4 Å². The summed E-state index contributed by atoms with van der Waals surface area (Å²) >= 11 is 0. The monoisotopic (exact) mass is 1130 g/mol. The molecule has 2 atom stereocenters. The molecule has 0 saturated carbocycles. The molecule has 16 nitrogen and oxygen atoms in total. The van der Waals surface area contributed by atoms with Crippen molar-refractivity contribution >= 4 is 18.5 Å². The Hall–Kier alpha value is -5.39. The van der Waals surface area contributed by atoms with Gasteiger partial charge in [-0.1, -0.05) is 63.2 Å². The van der Waals surface area contributed by atoms with Crippen LogP contribution in [0.4, 0.5) is 4.79 Å². The van der Waals surface area contributed by atoms with E-state index < -0.39 is 40.2 Å². The SMILES string of the molecule is C=C(C)C(=O)OCCNC(=O)OC(C)(C)C(COc1ccccc1)COC(C)(C)N(C)CCCOC(C)(C)CCOc1ccc(OCCC(C)(C)OCCCCC(C)(C)C(C)(C)OCC(COc2ccccc2)C(C)(C)OC=O)cc1. The summed E-state index contributed by atoms with van der Waals surface area (Å²) in [5, 5.41) is 2.65. The molecule has 1 amide bonds. The molecular formula is C65H102N2O14. The summed E-state index contributed by atoms with van der Waals surface area (Å²) in [5.41, 5.74) is -3.48. The van der Waals surface area contributed by atoms with Gasteiger partial charge in [-0.15, -0.1) is 0 Å². The van der Waals surface area contributed by atoms with Gasteiger partial charge in [-0.05, 0) is 170 Å². The van der Waals surface area contributed by atoms with Crippen molar-refractivity contribution < 1.29 is 66.5 Å². The highest BCUT2D eigenvalue weighted by molar-refractivity contribution is 5.86. The number of carbonyl (C=O) groups excluding carboxylic acids is 3. The van der Waals surface area contributed by atoms with Gasteiger partial charge in [0.15, 0.2) is 0 Å². The molecule has 0 aromatic heterocycles. The maximum Gasteiger partial charge on any atom is 0.407 e. The van der Waals surface area contributed by atoms with Gasteiger partial charge in [0.05, 0.1) is 74.8 Å². The molecule has 3 aromatic carbocycles. The minimum Gasteiger partial charge on any atom is -0.493 e. The molecule has 81 heavy (non-hydrogen) atoms. The van der Waals surface area contributed by atoms with Crippen molar-refractivity contribution in [2.75, 3.05) is 79.6 Å². The van der Waals surface area contributed by atoms with Crippen LogP contribution in [0.5, 0.6) is 23.0 Å². The van der Waals surface area contributed by atoms with Gasteiger partial charge in [-0.25, -0.2) is 9.59 Å². The molecule has 0 aliphatic heterocycles. The third-order valence-electron chi connectivity index (χ3n) is 15.4. The summed E-state index contributed by atoms with van der Waals surface area (Å²) in [5.74, 6) is 1.94. The van der Waals surface area contributed by atoms with E-state index in [0.29, 0.717) is 64.8 Å². The molecule has 0 aliphatic carbocycles. The zero-order chi connectivity index (χ0) is 60.4. The van der Waals surface area contributed by atoms with Crippen LogP contribution >= 0.6 is 0 Å². The molecule has 2 unspecified atom stereocenters. The fourth-order valence-corrected chi connectivity index (χ4v) is 8.09. The lowest BCUT2D eigenvalue weighted by molar-refractivity contribution is -0.162. The van der Waals surface area contributed by atoms with Gasteiger partial charge >= 0.3 is 12.1 Å². The third-order valence-corrected chi connectivity index (χ3v) is 15.4. The van der Waals surface area contributed by atoms with Crippen LogP contribution in [-0.2, 0) is 42.7 Å². The van der Waals surface area contributed by atoms with E-state index in [2.05, 4.69) is 72.2 Å². The number of nitrogens with one attached hydrogen (secondary N) is 1. The first-order chi connectivity index (χ1) is 37.9. The quantitative estimate of drug-likeness (QED) is 0.0142. The van der Waals surface area contributed by atoms with Crippen LogP contribution in [0.3, 0.4) is 0 Å². The van der Waals surface area contributed by atoms with E-state index in [1.807, 2.05) is 134 Å². The summed E-state index contributed by atoms with van der Waals surface area (Å²) in [7, 11) is 2.01. The Bertz CT molecular complexity index is 2280. The maximum absolute atomic E-state index is 12.8. The highest BCUT2D eigenvalue weighted by Gasteiger charge is 2.41. The Morgan fingerprint density at radius 3 is 1.52 bits per heavy atom. The van der Waals surface area contributed by atoms with Crippen LogP contribution in [0.25, 0.3) is 0 Å². The molecule has 16 heteroatoms. The van der Waals surface area contributed by atoms with Crippen LogP contribution in [0.2, 0.25) is 0 Å². The fraction of sp³-hybridized carbons (Fsp3) is 0.646. The largest absolute Gasteiger partial charge is 0.493 e. The Kier molecular flexibility index (Phi) is 28.5. The Balaban J connectivity index is 1.35. The molecule has 0 saturated heterocycles. The number of unbranched alkanes of at least 4 members (excludes halogenated alkanes) is 1. The maximum atomic E-state index is 12.8. The zero-order valence-corrected chi connectivity index (χ0v) is 52.2. The molecule has 0 radical (unpaired) electrons. The topological polar surface area (TPSA) is 168 Å². The highest BCUT2D eigenvalue weighted by Crippen LogP contribution is 2.40. The van der Waals surface area contributed by atoms with Crippen molar-refractivity contribution in [2.24, 2.45) is 17.3 Å². The lowest BCUT2D eigenvalue weighted by atomic mass is 9.73. The summed E-state index contributed by atoms with van der Waals surface area (Å²) < 4.78 is 66.8. The molecule has 3 aromatic rings. The number of carbonyl (C=O) groups is 3. The van der Waals surface area contributed by atoms with Crippen LogP contribution in [0, 0.1) is 17.3 Å². The second-order valence-corrected chi connectivity index (χ2v) is 24.9. The predicted octanol–water partition coefficient (Wildman–Crippen LogP) is 12.8. The lowest BCUT2D eigenvalue weighted by Gasteiger charge is -2.43. The number of hydrogen-bond acceptors (Lipinski definition) is 15. The van der Waals surface area contributed by atoms with E-state index in [4.69, 9.17) is 52.1 Å². The van der Waals surface area contributed by atoms with Crippen molar-refractivity contribution in [3.63, 3.8) is 0 Å². The third kappa shape index (κ3) is 26.6. The molecule has 3 rings (SSSR count). The zero-order valence-electron chi connectivity index (χ0n) is 52.2. The van der Waals surface area contributed by atoms with Crippen LogP contribution in [0.15, 0.2) is 97.1 Å². The minimum absolute atomic E-state index is 0.00678. The molecule has 0 spiro atoms. The summed E-state index contributed by atoms with van der Waals surface area (Å²) in [6.45, 7) is 38.4. The second-order valence-electron chi connectivity index (χ2n) is 24.9. The van der Waals surface area contributed by atoms with Crippen molar-refractivity contribution in [1.82, 2.24) is 10.2 Å². The molecule has 0 heterocycles. The normalized spacial score (nSPS) is 13.4. The number of amides is 1. The Labute approximate surface area is 486 Å². The number of alkyl carbamates (subject to hydrolysis) is 1. The first-order valence-corrected chi connectivity index (χ1v) is 28.8. The Morgan fingerprint density at radius 1 is 0.556 bits per heavy atom. The van der Waals surface area contributed by atoms with Crippen molar-refractivity contribution in [2.45, 2.75) is 176 Å². The van der Waals surface area contributed by atoms with Crippen molar-refractivity contribution in [1.29, 1.82) is 0 Å². The van der Waals surface area contributed by atoms with Gasteiger partial charge in [0, 0.05) is 38.2 Å². The van der Waals surface area contributed by atoms with E-state index in [-0.39, 0.29) is 54.8 Å². The van der Waals surface area contributed by atoms with E-state index >= 15 is 0 Å². The van der Waals surface area contributed by atoms with Crippen molar-refractivity contribution in [3.8, 4) is 23.0 Å². The first-order valence-electron chi connectivity index (χ1n) is 28.8. The summed E-state index contributed by atoms with van der Waals surface area (Å²) in [6.07, 6.45) is 4.43. The molecule has 0 fully saturated rings. The van der Waals surface area contributed by atoms with Gasteiger partial charge in [0.25, 0.3) is 6.47 Å². The number of nitrogens with zero attached hydrogens (tertiary/aromatic N) is 1. The minimum atomic E-state index is -0.988. The molecule has 0 bridgehead atoms. The van der Waals surface area contributed by atoms with E-state index in [9.17, 15) is 14.4 Å². The average molecular weight is 1140 g/mol. The van der Waals surface area contributed by atoms with Crippen molar-refractivity contribution in [3.05, 3.63) is 97.1 Å². The predicted molar refractivity (Wildman–Crippen MR) is 318 cm³/mol. The van der Waals surface area contributed by atoms with Gasteiger partial charge in [-0.3, -0.25) is 9.69 Å². The van der Waals surface area contributed by atoms with Gasteiger partial charge in [0.2, 0.25) is 0 Å². The van der Waals surface area contributed by atoms with E-state index in [0.717, 1.165) is 49.4 Å². The number of para-hydroxylation sites is 2. The molecule has 456 valence electrons.